The Morgan fingerprint density at radius 1 is 1.14 bits per heavy atom. The van der Waals surface area contributed by atoms with Crippen LogP contribution in [-0.4, -0.2) is 11.2 Å². The van der Waals surface area contributed by atoms with Crippen LogP contribution in [0.25, 0.3) is 0 Å². The molecule has 2 aliphatic rings. The third kappa shape index (κ3) is 2.60. The smallest absolute Gasteiger partial charge is 0.0550 e. The molecule has 0 amide bonds. The second kappa shape index (κ2) is 4.93. The molecule has 0 aromatic carbocycles. The van der Waals surface area contributed by atoms with E-state index in [9.17, 15) is 5.11 Å². The van der Waals surface area contributed by atoms with E-state index in [-0.39, 0.29) is 38.8 Å². The van der Waals surface area contributed by atoms with Crippen LogP contribution >= 0.6 is 0 Å². The van der Waals surface area contributed by atoms with Crippen LogP contribution in [-0.2, 0) is 32.7 Å². The van der Waals surface area contributed by atoms with Crippen molar-refractivity contribution in [2.45, 2.75) is 58.5 Å². The summed E-state index contributed by atoms with van der Waals surface area (Å²) in [6.07, 6.45) is 7.81. The summed E-state index contributed by atoms with van der Waals surface area (Å²) in [4.78, 5) is 0. The van der Waals surface area contributed by atoms with Gasteiger partial charge in [-0.2, -0.15) is 0 Å². The number of aliphatic hydroxyl groups is 1. The Kier molecular flexibility index (Phi) is 4.62. The minimum Gasteiger partial charge on any atom is -0.393 e. The molecule has 0 unspecified atom stereocenters. The first-order valence-corrected chi connectivity index (χ1v) is 5.79. The van der Waals surface area contributed by atoms with E-state index in [1.807, 2.05) is 0 Å². The van der Waals surface area contributed by atoms with Crippen LogP contribution in [0.15, 0.2) is 0 Å². The second-order valence-corrected chi connectivity index (χ2v) is 5.64. The van der Waals surface area contributed by atoms with Crippen molar-refractivity contribution in [1.82, 2.24) is 0 Å². The summed E-state index contributed by atoms with van der Waals surface area (Å²) >= 11 is 0. The molecule has 1 spiro atoms. The Morgan fingerprint density at radius 3 is 2.00 bits per heavy atom. The van der Waals surface area contributed by atoms with Gasteiger partial charge in [-0.1, -0.05) is 13.8 Å². The van der Waals surface area contributed by atoms with E-state index < -0.39 is 0 Å². The van der Waals surface area contributed by atoms with Crippen molar-refractivity contribution >= 4 is 0 Å². The Hall–Kier alpha value is 1.06. The maximum atomic E-state index is 9.34. The van der Waals surface area contributed by atoms with Crippen LogP contribution in [0.2, 0.25) is 0 Å². The largest absolute Gasteiger partial charge is 0.393 e. The maximum Gasteiger partial charge on any atom is 0.0550 e. The molecule has 1 nitrogen and oxygen atoms in total. The van der Waals surface area contributed by atoms with E-state index in [2.05, 4.69) is 13.8 Å². The third-order valence-electron chi connectivity index (χ3n) is 4.37. The summed E-state index contributed by atoms with van der Waals surface area (Å²) in [5.41, 5.74) is 0.588. The van der Waals surface area contributed by atoms with Crippen molar-refractivity contribution in [1.29, 1.82) is 0 Å². The van der Waals surface area contributed by atoms with Crippen LogP contribution in [0, 0.1) is 17.3 Å². The molecule has 2 fully saturated rings. The molecule has 79 valence electrons. The van der Waals surface area contributed by atoms with Crippen LogP contribution in [0.5, 0.6) is 0 Å². The van der Waals surface area contributed by atoms with Gasteiger partial charge >= 0.3 is 0 Å². The van der Waals surface area contributed by atoms with Gasteiger partial charge in [0.2, 0.25) is 0 Å². The van der Waals surface area contributed by atoms with E-state index in [1.165, 1.54) is 25.7 Å². The molecular weight excluding hydrogens is 249 g/mol. The van der Waals surface area contributed by atoms with E-state index in [1.54, 1.807) is 0 Å². The fraction of sp³-hybridized carbons (Fsp3) is 1.00. The summed E-state index contributed by atoms with van der Waals surface area (Å²) in [5.74, 6) is 1.82. The molecule has 14 heavy (non-hydrogen) atoms. The van der Waals surface area contributed by atoms with Crippen LogP contribution in [0.1, 0.15) is 52.4 Å². The van der Waals surface area contributed by atoms with Gasteiger partial charge in [0.05, 0.1) is 6.10 Å². The molecule has 0 bridgehead atoms. The van der Waals surface area contributed by atoms with E-state index in [4.69, 9.17) is 0 Å². The third-order valence-corrected chi connectivity index (χ3v) is 4.37. The number of hydrogen-bond donors (Lipinski definition) is 1. The normalized spacial score (nSPS) is 42.0. The van der Waals surface area contributed by atoms with E-state index in [0.717, 1.165) is 24.7 Å². The van der Waals surface area contributed by atoms with Crippen molar-refractivity contribution in [3.05, 3.63) is 0 Å². The molecule has 0 saturated heterocycles. The molecular formula is C12H22OY. The fourth-order valence-corrected chi connectivity index (χ4v) is 3.27. The van der Waals surface area contributed by atoms with Crippen LogP contribution in [0.4, 0.5) is 0 Å². The van der Waals surface area contributed by atoms with Gasteiger partial charge in [-0.15, -0.1) is 0 Å². The van der Waals surface area contributed by atoms with Gasteiger partial charge in [0, 0.05) is 32.7 Å². The first kappa shape index (κ1) is 13.1. The van der Waals surface area contributed by atoms with Crippen LogP contribution < -0.4 is 0 Å². The number of hydrogen-bond acceptors (Lipinski definition) is 1. The molecule has 0 aliphatic heterocycles. The number of rotatable bonds is 1. The predicted molar refractivity (Wildman–Crippen MR) is 54.5 cm³/mol. The molecule has 1 radical (unpaired) electrons. The van der Waals surface area contributed by atoms with Gasteiger partial charge in [-0.05, 0) is 55.8 Å². The number of aliphatic hydroxyl groups excluding tert-OH is 1. The molecule has 1 N–H and O–H groups in total. The molecule has 0 heterocycles. The van der Waals surface area contributed by atoms with Gasteiger partial charge in [0.25, 0.3) is 0 Å². The molecule has 0 aromatic heterocycles. The summed E-state index contributed by atoms with van der Waals surface area (Å²) in [5, 5.41) is 9.34. The molecule has 2 aliphatic carbocycles. The molecule has 0 atom stereocenters. The van der Waals surface area contributed by atoms with Gasteiger partial charge in [0.15, 0.2) is 0 Å². The topological polar surface area (TPSA) is 20.2 Å². The standard InChI is InChI=1S/C12H22O.Y/c1-9(2)10-3-5-12(6-4-10)7-11(13)8-12;/h9-11,13H,3-8H2,1-2H3;. The average molecular weight is 271 g/mol. The van der Waals surface area contributed by atoms with Crippen molar-refractivity contribution in [2.24, 2.45) is 17.3 Å². The maximum absolute atomic E-state index is 9.34. The molecule has 2 saturated carbocycles. The SMILES string of the molecule is CC(C)C1CCC2(CC1)CC(O)C2.[Y]. The summed E-state index contributed by atoms with van der Waals surface area (Å²) < 4.78 is 0. The molecule has 0 aromatic rings. The minimum absolute atomic E-state index is 0. The second-order valence-electron chi connectivity index (χ2n) is 5.64. The Morgan fingerprint density at radius 2 is 1.64 bits per heavy atom. The minimum atomic E-state index is 0. The van der Waals surface area contributed by atoms with Gasteiger partial charge in [-0.25, -0.2) is 0 Å². The average Bonchev–Trinajstić information content (AvgIpc) is 2.03. The first-order valence-electron chi connectivity index (χ1n) is 5.79. The zero-order valence-electron chi connectivity index (χ0n) is 9.50. The molecule has 2 rings (SSSR count). The van der Waals surface area contributed by atoms with Crippen molar-refractivity contribution in [3.8, 4) is 0 Å². The van der Waals surface area contributed by atoms with E-state index >= 15 is 0 Å². The Bertz CT molecular complexity index is 175. The van der Waals surface area contributed by atoms with Crippen LogP contribution in [0.3, 0.4) is 0 Å². The zero-order chi connectivity index (χ0) is 9.47. The fourth-order valence-electron chi connectivity index (χ4n) is 3.27. The monoisotopic (exact) mass is 271 g/mol. The van der Waals surface area contributed by atoms with Crippen molar-refractivity contribution in [3.63, 3.8) is 0 Å². The molecule has 2 heteroatoms. The summed E-state index contributed by atoms with van der Waals surface area (Å²) in [6.45, 7) is 4.69. The van der Waals surface area contributed by atoms with Crippen molar-refractivity contribution < 1.29 is 37.8 Å². The van der Waals surface area contributed by atoms with Gasteiger partial charge < -0.3 is 5.11 Å². The van der Waals surface area contributed by atoms with E-state index in [0.29, 0.717) is 5.41 Å². The van der Waals surface area contributed by atoms with Gasteiger partial charge in [0.1, 0.15) is 0 Å². The Balaban J connectivity index is 0.000000980. The zero-order valence-corrected chi connectivity index (χ0v) is 12.3. The van der Waals surface area contributed by atoms with Gasteiger partial charge in [-0.3, -0.25) is 0 Å². The quantitative estimate of drug-likeness (QED) is 0.777. The summed E-state index contributed by atoms with van der Waals surface area (Å²) in [7, 11) is 0. The Labute approximate surface area is 113 Å². The predicted octanol–water partition coefficient (Wildman–Crippen LogP) is 2.97. The summed E-state index contributed by atoms with van der Waals surface area (Å²) in [6, 6.07) is 0. The first-order chi connectivity index (χ1) is 6.11. The van der Waals surface area contributed by atoms with Crippen molar-refractivity contribution in [2.75, 3.05) is 0 Å².